The van der Waals surface area contributed by atoms with E-state index in [0.29, 0.717) is 18.2 Å². The highest BCUT2D eigenvalue weighted by atomic mass is 35.5. The SMILES string of the molecule is CCCOc1ccc(Cl)cc1CNC(=O)[C@@H]1CC[C@H](N)C1. The molecule has 2 atom stereocenters. The molecule has 0 spiro atoms. The topological polar surface area (TPSA) is 64.3 Å². The Morgan fingerprint density at radius 3 is 2.95 bits per heavy atom. The number of carbonyl (C=O) groups is 1. The average Bonchev–Trinajstić information content (AvgIpc) is 2.90. The Balaban J connectivity index is 1.95. The van der Waals surface area contributed by atoms with Gasteiger partial charge in [0.25, 0.3) is 0 Å². The molecule has 1 aromatic carbocycles. The highest BCUT2D eigenvalue weighted by Gasteiger charge is 2.27. The first-order valence-electron chi connectivity index (χ1n) is 7.54. The van der Waals surface area contributed by atoms with E-state index in [2.05, 4.69) is 12.2 Å². The van der Waals surface area contributed by atoms with E-state index in [4.69, 9.17) is 22.1 Å². The maximum absolute atomic E-state index is 12.1. The predicted molar refractivity (Wildman–Crippen MR) is 84.4 cm³/mol. The molecule has 1 amide bonds. The van der Waals surface area contributed by atoms with Crippen LogP contribution in [-0.4, -0.2) is 18.6 Å². The summed E-state index contributed by atoms with van der Waals surface area (Å²) in [6.45, 7) is 3.14. The van der Waals surface area contributed by atoms with E-state index in [9.17, 15) is 4.79 Å². The Hall–Kier alpha value is -1.26. The summed E-state index contributed by atoms with van der Waals surface area (Å²) in [7, 11) is 0. The van der Waals surface area contributed by atoms with Crippen LogP contribution in [0.2, 0.25) is 5.02 Å². The largest absolute Gasteiger partial charge is 0.493 e. The summed E-state index contributed by atoms with van der Waals surface area (Å²) in [6.07, 6.45) is 3.52. The maximum Gasteiger partial charge on any atom is 0.223 e. The molecule has 1 aliphatic carbocycles. The normalized spacial score (nSPS) is 21.3. The van der Waals surface area contributed by atoms with Gasteiger partial charge < -0.3 is 15.8 Å². The summed E-state index contributed by atoms with van der Waals surface area (Å²) in [5.74, 6) is 0.897. The minimum Gasteiger partial charge on any atom is -0.493 e. The van der Waals surface area contributed by atoms with Crippen LogP contribution in [0.4, 0.5) is 0 Å². The van der Waals surface area contributed by atoms with Gasteiger partial charge in [0.2, 0.25) is 5.91 Å². The molecule has 2 rings (SSSR count). The van der Waals surface area contributed by atoms with Gasteiger partial charge in [-0.3, -0.25) is 4.79 Å². The summed E-state index contributed by atoms with van der Waals surface area (Å²) in [4.78, 5) is 12.1. The van der Waals surface area contributed by atoms with Crippen molar-refractivity contribution in [2.45, 2.75) is 45.2 Å². The van der Waals surface area contributed by atoms with E-state index >= 15 is 0 Å². The van der Waals surface area contributed by atoms with E-state index < -0.39 is 0 Å². The van der Waals surface area contributed by atoms with Crippen LogP contribution in [0.15, 0.2) is 18.2 Å². The van der Waals surface area contributed by atoms with Gasteiger partial charge in [-0.15, -0.1) is 0 Å². The van der Waals surface area contributed by atoms with Gasteiger partial charge in [-0.05, 0) is 43.9 Å². The first-order chi connectivity index (χ1) is 10.1. The zero-order chi connectivity index (χ0) is 15.2. The Labute approximate surface area is 131 Å². The molecule has 116 valence electrons. The fraction of sp³-hybridized carbons (Fsp3) is 0.562. The lowest BCUT2D eigenvalue weighted by Crippen LogP contribution is -2.30. The van der Waals surface area contributed by atoms with Crippen molar-refractivity contribution >= 4 is 17.5 Å². The van der Waals surface area contributed by atoms with Crippen LogP contribution in [0.1, 0.15) is 38.2 Å². The van der Waals surface area contributed by atoms with Crippen molar-refractivity contribution in [1.29, 1.82) is 0 Å². The lowest BCUT2D eigenvalue weighted by Gasteiger charge is -2.14. The first kappa shape index (κ1) is 16.1. The third kappa shape index (κ3) is 4.61. The number of carbonyl (C=O) groups excluding carboxylic acids is 1. The van der Waals surface area contributed by atoms with Crippen molar-refractivity contribution < 1.29 is 9.53 Å². The molecule has 21 heavy (non-hydrogen) atoms. The minimum atomic E-state index is 0.0409. The maximum atomic E-state index is 12.1. The van der Waals surface area contributed by atoms with Gasteiger partial charge in [-0.25, -0.2) is 0 Å². The molecule has 1 fully saturated rings. The lowest BCUT2D eigenvalue weighted by atomic mass is 10.1. The number of ether oxygens (including phenoxy) is 1. The standard InChI is InChI=1S/C16H23ClN2O2/c1-2-7-21-15-6-4-13(17)8-12(15)10-19-16(20)11-3-5-14(18)9-11/h4,6,8,11,14H,2-3,5,7,9-10,18H2,1H3,(H,19,20)/t11-,14+/m1/s1. The van der Waals surface area contributed by atoms with Crippen molar-refractivity contribution in [1.82, 2.24) is 5.32 Å². The molecule has 0 unspecified atom stereocenters. The quantitative estimate of drug-likeness (QED) is 0.849. The number of nitrogens with one attached hydrogen (secondary N) is 1. The number of benzene rings is 1. The highest BCUT2D eigenvalue weighted by molar-refractivity contribution is 6.30. The van der Waals surface area contributed by atoms with Gasteiger partial charge in [0.15, 0.2) is 0 Å². The Morgan fingerprint density at radius 2 is 2.29 bits per heavy atom. The van der Waals surface area contributed by atoms with Crippen LogP contribution in [-0.2, 0) is 11.3 Å². The van der Waals surface area contributed by atoms with Gasteiger partial charge in [-0.1, -0.05) is 18.5 Å². The second-order valence-corrected chi connectivity index (χ2v) is 6.02. The Bertz CT molecular complexity index is 493. The van der Waals surface area contributed by atoms with Crippen LogP contribution >= 0.6 is 11.6 Å². The van der Waals surface area contributed by atoms with E-state index in [1.54, 1.807) is 6.07 Å². The monoisotopic (exact) mass is 310 g/mol. The van der Waals surface area contributed by atoms with Crippen LogP contribution in [0.5, 0.6) is 5.75 Å². The first-order valence-corrected chi connectivity index (χ1v) is 7.92. The van der Waals surface area contributed by atoms with Crippen LogP contribution in [0, 0.1) is 5.92 Å². The zero-order valence-electron chi connectivity index (χ0n) is 12.4. The third-order valence-electron chi connectivity index (χ3n) is 3.78. The molecular weight excluding hydrogens is 288 g/mol. The second-order valence-electron chi connectivity index (χ2n) is 5.59. The molecular formula is C16H23ClN2O2. The summed E-state index contributed by atoms with van der Waals surface area (Å²) in [5, 5.41) is 3.62. The Morgan fingerprint density at radius 1 is 1.48 bits per heavy atom. The van der Waals surface area contributed by atoms with Gasteiger partial charge >= 0.3 is 0 Å². The molecule has 0 aliphatic heterocycles. The van der Waals surface area contributed by atoms with Crippen molar-refractivity contribution in [2.24, 2.45) is 11.7 Å². The fourth-order valence-electron chi connectivity index (χ4n) is 2.62. The molecule has 0 bridgehead atoms. The molecule has 1 aromatic rings. The molecule has 0 radical (unpaired) electrons. The smallest absolute Gasteiger partial charge is 0.223 e. The predicted octanol–water partition coefficient (Wildman–Crippen LogP) is 2.87. The highest BCUT2D eigenvalue weighted by Crippen LogP contribution is 2.26. The van der Waals surface area contributed by atoms with Gasteiger partial charge in [0.1, 0.15) is 5.75 Å². The molecule has 0 saturated heterocycles. The van der Waals surface area contributed by atoms with Gasteiger partial charge in [0, 0.05) is 29.1 Å². The van der Waals surface area contributed by atoms with E-state index in [1.165, 1.54) is 0 Å². The summed E-state index contributed by atoms with van der Waals surface area (Å²) >= 11 is 6.03. The third-order valence-corrected chi connectivity index (χ3v) is 4.02. The average molecular weight is 311 g/mol. The Kier molecular flexibility index (Phi) is 5.88. The van der Waals surface area contributed by atoms with Crippen LogP contribution < -0.4 is 15.8 Å². The molecule has 4 nitrogen and oxygen atoms in total. The lowest BCUT2D eigenvalue weighted by molar-refractivity contribution is -0.125. The van der Waals surface area contributed by atoms with Crippen LogP contribution in [0.25, 0.3) is 0 Å². The second kappa shape index (κ2) is 7.66. The van der Waals surface area contributed by atoms with E-state index in [1.807, 2.05) is 12.1 Å². The van der Waals surface area contributed by atoms with Crippen LogP contribution in [0.3, 0.4) is 0 Å². The van der Waals surface area contributed by atoms with Gasteiger partial charge in [0.05, 0.1) is 6.61 Å². The van der Waals surface area contributed by atoms with Crippen molar-refractivity contribution in [3.8, 4) is 5.75 Å². The minimum absolute atomic E-state index is 0.0409. The molecule has 1 saturated carbocycles. The number of hydrogen-bond donors (Lipinski definition) is 2. The summed E-state index contributed by atoms with van der Waals surface area (Å²) in [5.41, 5.74) is 6.76. The van der Waals surface area contributed by atoms with Crippen molar-refractivity contribution in [2.75, 3.05) is 6.61 Å². The number of hydrogen-bond acceptors (Lipinski definition) is 3. The molecule has 1 aliphatic rings. The number of rotatable bonds is 6. The van der Waals surface area contributed by atoms with E-state index in [-0.39, 0.29) is 17.9 Å². The number of halogens is 1. The molecule has 3 N–H and O–H groups in total. The number of nitrogens with two attached hydrogens (primary N) is 1. The van der Waals surface area contributed by atoms with Crippen molar-refractivity contribution in [3.05, 3.63) is 28.8 Å². The zero-order valence-corrected chi connectivity index (χ0v) is 13.2. The summed E-state index contributed by atoms with van der Waals surface area (Å²) < 4.78 is 5.69. The number of amides is 1. The fourth-order valence-corrected chi connectivity index (χ4v) is 2.81. The molecule has 5 heteroatoms. The van der Waals surface area contributed by atoms with Gasteiger partial charge in [-0.2, -0.15) is 0 Å². The summed E-state index contributed by atoms with van der Waals surface area (Å²) in [6, 6.07) is 5.65. The molecule has 0 aromatic heterocycles. The molecule has 0 heterocycles. The van der Waals surface area contributed by atoms with Crippen molar-refractivity contribution in [3.63, 3.8) is 0 Å². The van der Waals surface area contributed by atoms with E-state index in [0.717, 1.165) is 37.0 Å².